The molecule has 0 aromatic heterocycles. The number of oxime groups is 1. The van der Waals surface area contributed by atoms with Gasteiger partial charge in [-0.2, -0.15) is 0 Å². The van der Waals surface area contributed by atoms with Crippen LogP contribution in [0.15, 0.2) is 23.4 Å². The van der Waals surface area contributed by atoms with Crippen LogP contribution in [0.4, 0.5) is 0 Å². The lowest BCUT2D eigenvalue weighted by molar-refractivity contribution is -0.142. The van der Waals surface area contributed by atoms with E-state index in [1.165, 1.54) is 31.2 Å². The summed E-state index contributed by atoms with van der Waals surface area (Å²) >= 11 is 0. The maximum Gasteiger partial charge on any atom is 0.344 e. The van der Waals surface area contributed by atoms with Gasteiger partial charge >= 0.3 is 5.97 Å². The quantitative estimate of drug-likeness (QED) is 0.394. The molecule has 0 amide bonds. The molecule has 5 nitrogen and oxygen atoms in total. The van der Waals surface area contributed by atoms with Crippen LogP contribution >= 0.6 is 0 Å². The summed E-state index contributed by atoms with van der Waals surface area (Å²) in [6.07, 6.45) is 9.58. The Balaban J connectivity index is 2.03. The van der Waals surface area contributed by atoms with Crippen LogP contribution in [0.25, 0.3) is 0 Å². The fourth-order valence-electron chi connectivity index (χ4n) is 4.02. The van der Waals surface area contributed by atoms with Gasteiger partial charge in [-0.1, -0.05) is 63.7 Å². The second-order valence-electron chi connectivity index (χ2n) is 8.59. The number of phenols is 1. The van der Waals surface area contributed by atoms with Crippen molar-refractivity contribution in [3.63, 3.8) is 0 Å². The Hall–Kier alpha value is -2.04. The van der Waals surface area contributed by atoms with E-state index in [4.69, 9.17) is 9.94 Å². The molecular weight excluding hydrogens is 354 g/mol. The van der Waals surface area contributed by atoms with Gasteiger partial charge in [-0.05, 0) is 60.6 Å². The zero-order valence-corrected chi connectivity index (χ0v) is 17.5. The minimum atomic E-state index is -1.03. The number of carbonyl (C=O) groups is 1. The molecule has 1 atom stereocenters. The molecule has 2 N–H and O–H groups in total. The number of hydrogen-bond donors (Lipinski definition) is 2. The van der Waals surface area contributed by atoms with Gasteiger partial charge in [0.25, 0.3) is 0 Å². The Labute approximate surface area is 168 Å². The number of phenolic OH excluding ortho intramolecular Hbond substituents is 1. The summed E-state index contributed by atoms with van der Waals surface area (Å²) in [5, 5.41) is 23.3. The van der Waals surface area contributed by atoms with E-state index in [0.29, 0.717) is 12.2 Å². The van der Waals surface area contributed by atoms with Gasteiger partial charge < -0.3 is 15.1 Å². The molecule has 0 unspecified atom stereocenters. The predicted octanol–water partition coefficient (Wildman–Crippen LogP) is 5.76. The highest BCUT2D eigenvalue weighted by molar-refractivity contribution is 5.85. The molecule has 156 valence electrons. The van der Waals surface area contributed by atoms with Gasteiger partial charge in [-0.3, -0.25) is 0 Å². The molecule has 1 saturated carbocycles. The minimum absolute atomic E-state index is 0.0492. The maximum atomic E-state index is 10.7. The van der Waals surface area contributed by atoms with Crippen molar-refractivity contribution < 1.29 is 19.8 Å². The number of nitrogens with zero attached hydrogens (tertiary/aromatic N) is 1. The lowest BCUT2D eigenvalue weighted by atomic mass is 9.77. The van der Waals surface area contributed by atoms with Gasteiger partial charge in [0.2, 0.25) is 6.61 Å². The summed E-state index contributed by atoms with van der Waals surface area (Å²) in [5.74, 6) is -0.471. The molecule has 0 aliphatic heterocycles. The highest BCUT2D eigenvalue weighted by Crippen LogP contribution is 2.39. The van der Waals surface area contributed by atoms with Crippen molar-refractivity contribution in [2.75, 3.05) is 6.61 Å². The Bertz CT molecular complexity index is 681. The molecule has 28 heavy (non-hydrogen) atoms. The molecule has 1 aromatic carbocycles. The summed E-state index contributed by atoms with van der Waals surface area (Å²) in [6, 6.07) is 6.15. The molecule has 1 fully saturated rings. The third kappa shape index (κ3) is 6.54. The van der Waals surface area contributed by atoms with Crippen molar-refractivity contribution >= 4 is 11.7 Å². The Kier molecular flexibility index (Phi) is 8.34. The van der Waals surface area contributed by atoms with Crippen LogP contribution in [0.1, 0.15) is 95.6 Å². The molecular formula is C23H35NO4. The van der Waals surface area contributed by atoms with Crippen molar-refractivity contribution in [2.45, 2.75) is 89.9 Å². The monoisotopic (exact) mass is 389 g/mol. The number of aliphatic carboxylic acids is 1. The minimum Gasteiger partial charge on any atom is -0.508 e. The van der Waals surface area contributed by atoms with Crippen molar-refractivity contribution in [3.8, 4) is 5.75 Å². The lowest BCUT2D eigenvalue weighted by Gasteiger charge is -2.28. The van der Waals surface area contributed by atoms with Crippen LogP contribution in [-0.2, 0) is 15.0 Å². The Morgan fingerprint density at radius 3 is 2.75 bits per heavy atom. The number of unbranched alkanes of at least 4 members (excludes halogenated alkanes) is 3. The normalized spacial score (nSPS) is 19.0. The van der Waals surface area contributed by atoms with Gasteiger partial charge in [0, 0.05) is 0 Å². The first-order chi connectivity index (χ1) is 13.3. The van der Waals surface area contributed by atoms with E-state index in [-0.39, 0.29) is 11.3 Å². The van der Waals surface area contributed by atoms with Crippen LogP contribution < -0.4 is 0 Å². The SMILES string of the molecule is CCCCCCC(C)(C)c1ccc([C@H]2CCC/C(=N/OCC(=O)O)C2)c(O)c1. The van der Waals surface area contributed by atoms with Gasteiger partial charge in [-0.15, -0.1) is 0 Å². The van der Waals surface area contributed by atoms with Crippen molar-refractivity contribution in [1.82, 2.24) is 0 Å². The standard InChI is InChI=1S/C23H35NO4/c1-4-5-6-7-13-23(2,3)18-11-12-20(21(25)15-18)17-9-8-10-19(14-17)24-28-16-22(26)27/h11-12,15,17,25H,4-10,13-14,16H2,1-3H3,(H,26,27)/b24-19-/t17-/m0/s1. The van der Waals surface area contributed by atoms with E-state index in [2.05, 4.69) is 38.1 Å². The molecule has 1 aliphatic rings. The zero-order chi connectivity index (χ0) is 20.6. The van der Waals surface area contributed by atoms with E-state index < -0.39 is 12.6 Å². The van der Waals surface area contributed by atoms with Crippen molar-refractivity contribution in [2.24, 2.45) is 5.16 Å². The maximum absolute atomic E-state index is 10.7. The summed E-state index contributed by atoms with van der Waals surface area (Å²) in [4.78, 5) is 15.4. The molecule has 0 bridgehead atoms. The van der Waals surface area contributed by atoms with Gasteiger partial charge in [0.1, 0.15) is 5.75 Å². The Morgan fingerprint density at radius 1 is 1.29 bits per heavy atom. The summed E-state index contributed by atoms with van der Waals surface area (Å²) in [5.41, 5.74) is 3.06. The smallest absolute Gasteiger partial charge is 0.344 e. The molecule has 0 heterocycles. The number of carboxylic acids is 1. The number of hydrogen-bond acceptors (Lipinski definition) is 4. The van der Waals surface area contributed by atoms with E-state index in [0.717, 1.165) is 37.0 Å². The third-order valence-electron chi connectivity index (χ3n) is 5.79. The first-order valence-electron chi connectivity index (χ1n) is 10.6. The molecule has 1 aliphatic carbocycles. The van der Waals surface area contributed by atoms with Crippen LogP contribution in [-0.4, -0.2) is 28.5 Å². The van der Waals surface area contributed by atoms with E-state index in [1.807, 2.05) is 6.07 Å². The topological polar surface area (TPSA) is 79.1 Å². The summed E-state index contributed by atoms with van der Waals surface area (Å²) < 4.78 is 0. The van der Waals surface area contributed by atoms with Crippen LogP contribution in [0.2, 0.25) is 0 Å². The largest absolute Gasteiger partial charge is 0.508 e. The Morgan fingerprint density at radius 2 is 2.07 bits per heavy atom. The molecule has 1 aromatic rings. The second kappa shape index (κ2) is 10.5. The fraction of sp³-hybridized carbons (Fsp3) is 0.652. The first-order valence-corrected chi connectivity index (χ1v) is 10.6. The van der Waals surface area contributed by atoms with Crippen LogP contribution in [0.3, 0.4) is 0 Å². The van der Waals surface area contributed by atoms with Gasteiger partial charge in [0.05, 0.1) is 5.71 Å². The van der Waals surface area contributed by atoms with Gasteiger partial charge in [0.15, 0.2) is 0 Å². The lowest BCUT2D eigenvalue weighted by Crippen LogP contribution is -2.18. The van der Waals surface area contributed by atoms with E-state index in [1.54, 1.807) is 0 Å². The third-order valence-corrected chi connectivity index (χ3v) is 5.79. The summed E-state index contributed by atoms with van der Waals surface area (Å²) in [7, 11) is 0. The van der Waals surface area contributed by atoms with E-state index in [9.17, 15) is 9.90 Å². The van der Waals surface area contributed by atoms with Gasteiger partial charge in [-0.25, -0.2) is 4.79 Å². The second-order valence-corrected chi connectivity index (χ2v) is 8.59. The molecule has 0 spiro atoms. The van der Waals surface area contributed by atoms with Crippen molar-refractivity contribution in [3.05, 3.63) is 29.3 Å². The highest BCUT2D eigenvalue weighted by atomic mass is 16.6. The number of carboxylic acid groups (broad SMARTS) is 1. The highest BCUT2D eigenvalue weighted by Gasteiger charge is 2.25. The first kappa shape index (κ1) is 22.3. The predicted molar refractivity (Wildman–Crippen MR) is 112 cm³/mol. The van der Waals surface area contributed by atoms with Crippen LogP contribution in [0, 0.1) is 0 Å². The molecule has 0 saturated heterocycles. The molecule has 2 rings (SSSR count). The average Bonchev–Trinajstić information content (AvgIpc) is 2.65. The van der Waals surface area contributed by atoms with Crippen LogP contribution in [0.5, 0.6) is 5.75 Å². The fourth-order valence-corrected chi connectivity index (χ4v) is 4.02. The van der Waals surface area contributed by atoms with Crippen molar-refractivity contribution in [1.29, 1.82) is 0 Å². The molecule has 5 heteroatoms. The zero-order valence-electron chi connectivity index (χ0n) is 17.5. The summed E-state index contributed by atoms with van der Waals surface area (Å²) in [6.45, 7) is 6.31. The number of benzene rings is 1. The average molecular weight is 390 g/mol. The number of aromatic hydroxyl groups is 1. The number of rotatable bonds is 10. The van der Waals surface area contributed by atoms with E-state index >= 15 is 0 Å². The molecule has 0 radical (unpaired) electrons.